The summed E-state index contributed by atoms with van der Waals surface area (Å²) in [5.41, 5.74) is -1.44. The number of hydrogen-bond donors (Lipinski definition) is 1. The molecule has 0 fully saturated rings. The number of rotatable bonds is 4. The number of hydrogen-bond acceptors (Lipinski definition) is 6. The fourth-order valence-electron chi connectivity index (χ4n) is 2.67. The number of nitrogens with zero attached hydrogens (tertiary/aromatic N) is 4. The van der Waals surface area contributed by atoms with E-state index in [-0.39, 0.29) is 21.2 Å². The molecule has 3 aromatic heterocycles. The summed E-state index contributed by atoms with van der Waals surface area (Å²) >= 11 is 0.825. The van der Waals surface area contributed by atoms with E-state index in [0.717, 1.165) is 40.4 Å². The highest BCUT2D eigenvalue weighted by molar-refractivity contribution is 7.91. The Morgan fingerprint density at radius 3 is 2.34 bits per heavy atom. The molecule has 0 bridgehead atoms. The summed E-state index contributed by atoms with van der Waals surface area (Å²) in [6.07, 6.45) is -2.41. The second kappa shape index (κ2) is 7.72. The Morgan fingerprint density at radius 1 is 0.969 bits per heavy atom. The van der Waals surface area contributed by atoms with Gasteiger partial charge >= 0.3 is 6.18 Å². The van der Waals surface area contributed by atoms with Crippen LogP contribution in [0.2, 0.25) is 0 Å². The standard InChI is InChI=1S/C18H10F5N5O2S2/c19-10-2-1-9(5-11(10)20)12-6-15(18(21,22)23)27-17(26-12)28-7-13(25-8-28)14-3-4-16(31-14)32(24,29)30/h1-8H,(H2,24,29,30). The second-order valence-electron chi connectivity index (χ2n) is 6.39. The third kappa shape index (κ3) is 4.37. The number of imidazole rings is 1. The maximum atomic E-state index is 13.6. The van der Waals surface area contributed by atoms with Crippen LogP contribution in [-0.4, -0.2) is 27.9 Å². The van der Waals surface area contributed by atoms with Gasteiger partial charge in [0.05, 0.1) is 16.3 Å². The molecule has 0 spiro atoms. The number of thiophene rings is 1. The minimum atomic E-state index is -4.84. The Kier molecular flexibility index (Phi) is 5.30. The summed E-state index contributed by atoms with van der Waals surface area (Å²) in [6, 6.07) is 5.92. The molecule has 2 N–H and O–H groups in total. The summed E-state index contributed by atoms with van der Waals surface area (Å²) in [7, 11) is -3.92. The van der Waals surface area contributed by atoms with Crippen LogP contribution in [0, 0.1) is 11.6 Å². The lowest BCUT2D eigenvalue weighted by molar-refractivity contribution is -0.141. The van der Waals surface area contributed by atoms with E-state index in [1.54, 1.807) is 0 Å². The molecule has 0 atom stereocenters. The van der Waals surface area contributed by atoms with Gasteiger partial charge in [0, 0.05) is 11.8 Å². The molecule has 7 nitrogen and oxygen atoms in total. The fraction of sp³-hybridized carbons (Fsp3) is 0.0556. The van der Waals surface area contributed by atoms with Gasteiger partial charge in [-0.25, -0.2) is 37.3 Å². The van der Waals surface area contributed by atoms with Crippen molar-refractivity contribution in [3.05, 3.63) is 66.3 Å². The van der Waals surface area contributed by atoms with Crippen LogP contribution in [-0.2, 0) is 16.2 Å². The van der Waals surface area contributed by atoms with Crippen LogP contribution in [0.25, 0.3) is 27.8 Å². The lowest BCUT2D eigenvalue weighted by atomic mass is 10.1. The zero-order valence-corrected chi connectivity index (χ0v) is 17.1. The minimum absolute atomic E-state index is 0.0885. The molecule has 0 unspecified atom stereocenters. The third-order valence-electron chi connectivity index (χ3n) is 4.15. The van der Waals surface area contributed by atoms with E-state index < -0.39 is 39.5 Å². The van der Waals surface area contributed by atoms with E-state index in [2.05, 4.69) is 15.0 Å². The molecule has 3 heterocycles. The molecule has 0 saturated carbocycles. The van der Waals surface area contributed by atoms with Gasteiger partial charge in [-0.05, 0) is 36.4 Å². The zero-order chi connectivity index (χ0) is 23.3. The number of sulfonamides is 1. The number of nitrogens with two attached hydrogens (primary N) is 1. The predicted molar refractivity (Wildman–Crippen MR) is 104 cm³/mol. The molecular weight excluding hydrogens is 477 g/mol. The lowest BCUT2D eigenvalue weighted by Crippen LogP contribution is -2.12. The summed E-state index contributed by atoms with van der Waals surface area (Å²) in [4.78, 5) is 12.0. The number of aromatic nitrogens is 4. The molecule has 14 heteroatoms. The number of primary sulfonamides is 1. The predicted octanol–water partition coefficient (Wildman–Crippen LogP) is 4.00. The van der Waals surface area contributed by atoms with Crippen LogP contribution in [0.5, 0.6) is 0 Å². The van der Waals surface area contributed by atoms with Gasteiger partial charge < -0.3 is 0 Å². The van der Waals surface area contributed by atoms with Gasteiger partial charge in [-0.2, -0.15) is 13.2 Å². The topological polar surface area (TPSA) is 104 Å². The number of alkyl halides is 3. The van der Waals surface area contributed by atoms with Crippen molar-refractivity contribution in [2.45, 2.75) is 10.4 Å². The Balaban J connectivity index is 1.80. The van der Waals surface area contributed by atoms with Crippen molar-refractivity contribution < 1.29 is 30.4 Å². The first-order valence-corrected chi connectivity index (χ1v) is 10.9. The van der Waals surface area contributed by atoms with Crippen molar-refractivity contribution in [1.82, 2.24) is 19.5 Å². The quantitative estimate of drug-likeness (QED) is 0.438. The smallest absolute Gasteiger partial charge is 0.274 e. The average molecular weight is 487 g/mol. The van der Waals surface area contributed by atoms with Crippen molar-refractivity contribution >= 4 is 21.4 Å². The van der Waals surface area contributed by atoms with E-state index in [4.69, 9.17) is 5.14 Å². The van der Waals surface area contributed by atoms with Crippen molar-refractivity contribution in [2.75, 3.05) is 0 Å². The maximum absolute atomic E-state index is 13.6. The molecule has 0 saturated heterocycles. The lowest BCUT2D eigenvalue weighted by Gasteiger charge is -2.11. The van der Waals surface area contributed by atoms with Crippen molar-refractivity contribution in [2.24, 2.45) is 5.14 Å². The zero-order valence-electron chi connectivity index (χ0n) is 15.5. The summed E-state index contributed by atoms with van der Waals surface area (Å²) < 4.78 is 90.8. The highest BCUT2D eigenvalue weighted by atomic mass is 32.2. The van der Waals surface area contributed by atoms with Gasteiger partial charge in [0.1, 0.15) is 10.5 Å². The average Bonchev–Trinajstić information content (AvgIpc) is 3.38. The molecule has 0 aliphatic rings. The van der Waals surface area contributed by atoms with Crippen LogP contribution >= 0.6 is 11.3 Å². The molecule has 4 aromatic rings. The third-order valence-corrected chi connectivity index (χ3v) is 6.69. The van der Waals surface area contributed by atoms with E-state index >= 15 is 0 Å². The summed E-state index contributed by atoms with van der Waals surface area (Å²) in [5, 5.41) is 5.07. The Labute approximate surface area is 181 Å². The van der Waals surface area contributed by atoms with E-state index in [1.165, 1.54) is 18.3 Å². The van der Waals surface area contributed by atoms with Gasteiger partial charge in [-0.3, -0.25) is 4.57 Å². The van der Waals surface area contributed by atoms with Gasteiger partial charge in [0.2, 0.25) is 16.0 Å². The van der Waals surface area contributed by atoms with E-state index in [1.807, 2.05) is 0 Å². The normalized spacial score (nSPS) is 12.3. The monoisotopic (exact) mass is 487 g/mol. The molecule has 0 aliphatic carbocycles. The molecule has 1 aromatic carbocycles. The largest absolute Gasteiger partial charge is 0.433 e. The highest BCUT2D eigenvalue weighted by Crippen LogP contribution is 2.32. The second-order valence-corrected chi connectivity index (χ2v) is 9.27. The van der Waals surface area contributed by atoms with Gasteiger partial charge in [-0.15, -0.1) is 11.3 Å². The van der Waals surface area contributed by atoms with Crippen molar-refractivity contribution in [3.8, 4) is 27.8 Å². The molecule has 0 aliphatic heterocycles. The Bertz CT molecular complexity index is 1430. The molecule has 32 heavy (non-hydrogen) atoms. The first kappa shape index (κ1) is 22.0. The van der Waals surface area contributed by atoms with Crippen molar-refractivity contribution in [1.29, 1.82) is 0 Å². The Morgan fingerprint density at radius 2 is 1.72 bits per heavy atom. The summed E-state index contributed by atoms with van der Waals surface area (Å²) in [5.74, 6) is -2.83. The van der Waals surface area contributed by atoms with Gasteiger partial charge in [-0.1, -0.05) is 0 Å². The molecule has 166 valence electrons. The van der Waals surface area contributed by atoms with Crippen molar-refractivity contribution in [3.63, 3.8) is 0 Å². The minimum Gasteiger partial charge on any atom is -0.274 e. The summed E-state index contributed by atoms with van der Waals surface area (Å²) in [6.45, 7) is 0. The number of benzene rings is 1. The molecule has 4 rings (SSSR count). The van der Waals surface area contributed by atoms with Crippen LogP contribution in [0.15, 0.2) is 53.1 Å². The highest BCUT2D eigenvalue weighted by Gasteiger charge is 2.34. The van der Waals surface area contributed by atoms with E-state index in [0.29, 0.717) is 10.9 Å². The molecular formula is C18H10F5N5O2S2. The maximum Gasteiger partial charge on any atom is 0.433 e. The molecule has 0 radical (unpaired) electrons. The van der Waals surface area contributed by atoms with Gasteiger partial charge in [0.25, 0.3) is 0 Å². The van der Waals surface area contributed by atoms with Crippen LogP contribution in [0.3, 0.4) is 0 Å². The Hall–Kier alpha value is -3.23. The van der Waals surface area contributed by atoms with Crippen LogP contribution in [0.4, 0.5) is 22.0 Å². The number of halogens is 5. The first-order chi connectivity index (χ1) is 14.9. The van der Waals surface area contributed by atoms with Gasteiger partial charge in [0.15, 0.2) is 17.3 Å². The van der Waals surface area contributed by atoms with Crippen LogP contribution in [0.1, 0.15) is 5.69 Å². The fourth-order valence-corrected chi connectivity index (χ4v) is 4.36. The first-order valence-electron chi connectivity index (χ1n) is 8.51. The SMILES string of the molecule is NS(=O)(=O)c1ccc(-c2cn(-c3nc(-c4ccc(F)c(F)c4)cc(C(F)(F)F)n3)cn2)s1. The van der Waals surface area contributed by atoms with E-state index in [9.17, 15) is 30.4 Å². The van der Waals surface area contributed by atoms with Crippen LogP contribution < -0.4 is 5.14 Å². The molecule has 0 amide bonds.